The third kappa shape index (κ3) is 3.85. The molecular weight excluding hydrogens is 324 g/mol. The van der Waals surface area contributed by atoms with E-state index >= 15 is 0 Å². The zero-order valence-electron chi connectivity index (χ0n) is 15.3. The Morgan fingerprint density at radius 2 is 2.12 bits per heavy atom. The summed E-state index contributed by atoms with van der Waals surface area (Å²) < 4.78 is 2.08. The van der Waals surface area contributed by atoms with Crippen LogP contribution >= 0.6 is 0 Å². The predicted molar refractivity (Wildman–Crippen MR) is 102 cm³/mol. The Morgan fingerprint density at radius 1 is 1.35 bits per heavy atom. The topological polar surface area (TPSA) is 70.7 Å². The van der Waals surface area contributed by atoms with Crippen LogP contribution in [0, 0.1) is 25.2 Å². The van der Waals surface area contributed by atoms with Gasteiger partial charge >= 0.3 is 0 Å². The van der Waals surface area contributed by atoms with Crippen molar-refractivity contribution in [1.82, 2.24) is 14.9 Å². The summed E-state index contributed by atoms with van der Waals surface area (Å²) in [7, 11) is 0. The van der Waals surface area contributed by atoms with E-state index < -0.39 is 0 Å². The van der Waals surface area contributed by atoms with Crippen LogP contribution in [0.15, 0.2) is 36.2 Å². The molecule has 2 aromatic rings. The normalized spacial score (nSPS) is 15.5. The Labute approximate surface area is 154 Å². The molecule has 2 aromatic heterocycles. The molecule has 0 bridgehead atoms. The third-order valence-electron chi connectivity index (χ3n) is 4.98. The first-order valence-electron chi connectivity index (χ1n) is 9.12. The van der Waals surface area contributed by atoms with Gasteiger partial charge in [0.2, 0.25) is 0 Å². The van der Waals surface area contributed by atoms with Crippen molar-refractivity contribution in [1.29, 1.82) is 5.26 Å². The maximum atomic E-state index is 12.5. The lowest BCUT2D eigenvalue weighted by Gasteiger charge is -2.22. The number of rotatable bonds is 4. The molecule has 0 aliphatic heterocycles. The lowest BCUT2D eigenvalue weighted by Crippen LogP contribution is -2.36. The van der Waals surface area contributed by atoms with Gasteiger partial charge in [-0.25, -0.2) is 0 Å². The second-order valence-corrected chi connectivity index (χ2v) is 6.85. The van der Waals surface area contributed by atoms with Gasteiger partial charge in [-0.2, -0.15) is 5.26 Å². The number of hydrogen-bond donors (Lipinski definition) is 1. The van der Waals surface area contributed by atoms with Crippen LogP contribution in [0.5, 0.6) is 0 Å². The van der Waals surface area contributed by atoms with Crippen molar-refractivity contribution in [3.8, 4) is 11.8 Å². The van der Waals surface area contributed by atoms with Crippen molar-refractivity contribution in [3.63, 3.8) is 0 Å². The molecule has 2 heterocycles. The van der Waals surface area contributed by atoms with Gasteiger partial charge in [0, 0.05) is 23.6 Å². The monoisotopic (exact) mass is 348 g/mol. The highest BCUT2D eigenvalue weighted by Crippen LogP contribution is 2.23. The molecule has 1 amide bonds. The molecule has 26 heavy (non-hydrogen) atoms. The number of pyridine rings is 1. The zero-order valence-corrected chi connectivity index (χ0v) is 15.3. The van der Waals surface area contributed by atoms with Crippen LogP contribution in [-0.4, -0.2) is 21.5 Å². The minimum Gasteiger partial charge on any atom is -0.349 e. The van der Waals surface area contributed by atoms with E-state index in [0.717, 1.165) is 48.3 Å². The standard InChI is InChI=1S/C21H24N4O/c1-15-11-17(16(2)25(15)20-9-6-10-23-14-20)12-18(13-22)21(26)24-19-7-4-3-5-8-19/h6,9-12,14,19H,3-5,7-8H2,1-2H3,(H,24,26)/b18-12-. The average Bonchev–Trinajstić information content (AvgIpc) is 2.94. The van der Waals surface area contributed by atoms with Crippen molar-refractivity contribution in [2.24, 2.45) is 0 Å². The second kappa shape index (κ2) is 8.01. The summed E-state index contributed by atoms with van der Waals surface area (Å²) in [6.07, 6.45) is 10.7. The van der Waals surface area contributed by atoms with Gasteiger partial charge in [-0.05, 0) is 56.5 Å². The smallest absolute Gasteiger partial charge is 0.262 e. The number of aromatic nitrogens is 2. The van der Waals surface area contributed by atoms with Gasteiger partial charge in [-0.1, -0.05) is 19.3 Å². The Bertz CT molecular complexity index is 852. The Morgan fingerprint density at radius 3 is 2.77 bits per heavy atom. The van der Waals surface area contributed by atoms with Gasteiger partial charge in [-0.15, -0.1) is 0 Å². The number of nitrogens with zero attached hydrogens (tertiary/aromatic N) is 3. The molecule has 0 unspecified atom stereocenters. The lowest BCUT2D eigenvalue weighted by atomic mass is 9.95. The molecular formula is C21H24N4O. The van der Waals surface area contributed by atoms with Crippen LogP contribution in [0.4, 0.5) is 0 Å². The van der Waals surface area contributed by atoms with Gasteiger partial charge in [0.25, 0.3) is 5.91 Å². The molecule has 1 N–H and O–H groups in total. The zero-order chi connectivity index (χ0) is 18.5. The summed E-state index contributed by atoms with van der Waals surface area (Å²) >= 11 is 0. The molecule has 1 fully saturated rings. The summed E-state index contributed by atoms with van der Waals surface area (Å²) in [6.45, 7) is 3.99. The summed E-state index contributed by atoms with van der Waals surface area (Å²) in [4.78, 5) is 16.7. The summed E-state index contributed by atoms with van der Waals surface area (Å²) in [5.74, 6) is -0.273. The van der Waals surface area contributed by atoms with E-state index in [1.807, 2.05) is 32.0 Å². The molecule has 0 atom stereocenters. The van der Waals surface area contributed by atoms with Crippen LogP contribution in [0.25, 0.3) is 11.8 Å². The number of nitriles is 1. The van der Waals surface area contributed by atoms with E-state index in [4.69, 9.17) is 0 Å². The van der Waals surface area contributed by atoms with Crippen molar-refractivity contribution in [3.05, 3.63) is 53.1 Å². The van der Waals surface area contributed by atoms with Gasteiger partial charge in [0.05, 0.1) is 11.9 Å². The lowest BCUT2D eigenvalue weighted by molar-refractivity contribution is -0.117. The number of carbonyl (C=O) groups is 1. The van der Waals surface area contributed by atoms with Crippen LogP contribution < -0.4 is 5.32 Å². The Balaban J connectivity index is 1.85. The van der Waals surface area contributed by atoms with E-state index in [2.05, 4.69) is 20.9 Å². The molecule has 3 rings (SSSR count). The summed E-state index contributed by atoms with van der Waals surface area (Å²) in [5.41, 5.74) is 4.01. The van der Waals surface area contributed by atoms with Crippen LogP contribution in [0.3, 0.4) is 0 Å². The maximum Gasteiger partial charge on any atom is 0.262 e. The van der Waals surface area contributed by atoms with E-state index in [1.165, 1.54) is 6.42 Å². The molecule has 1 saturated carbocycles. The first-order valence-corrected chi connectivity index (χ1v) is 9.12. The van der Waals surface area contributed by atoms with Crippen LogP contribution in [0.2, 0.25) is 0 Å². The SMILES string of the molecule is Cc1cc(/C=C(/C#N)C(=O)NC2CCCCC2)c(C)n1-c1cccnc1. The Kier molecular flexibility index (Phi) is 5.52. The van der Waals surface area contributed by atoms with E-state index in [0.29, 0.717) is 0 Å². The van der Waals surface area contributed by atoms with Crippen molar-refractivity contribution in [2.45, 2.75) is 52.0 Å². The fourth-order valence-corrected chi connectivity index (χ4v) is 3.63. The molecule has 0 saturated heterocycles. The van der Waals surface area contributed by atoms with Crippen molar-refractivity contribution < 1.29 is 4.79 Å². The highest BCUT2D eigenvalue weighted by Gasteiger charge is 2.19. The average molecular weight is 348 g/mol. The van der Waals surface area contributed by atoms with E-state index in [9.17, 15) is 10.1 Å². The van der Waals surface area contributed by atoms with Gasteiger partial charge < -0.3 is 9.88 Å². The summed E-state index contributed by atoms with van der Waals surface area (Å²) in [6, 6.07) is 8.13. The third-order valence-corrected chi connectivity index (χ3v) is 4.98. The van der Waals surface area contributed by atoms with Crippen molar-refractivity contribution in [2.75, 3.05) is 0 Å². The predicted octanol–water partition coefficient (Wildman–Crippen LogP) is 3.85. The largest absolute Gasteiger partial charge is 0.349 e. The number of nitrogens with one attached hydrogen (secondary N) is 1. The number of carbonyl (C=O) groups excluding carboxylic acids is 1. The highest BCUT2D eigenvalue weighted by atomic mass is 16.1. The molecule has 1 aliphatic rings. The molecule has 5 nitrogen and oxygen atoms in total. The molecule has 134 valence electrons. The van der Waals surface area contributed by atoms with E-state index in [-0.39, 0.29) is 17.5 Å². The van der Waals surface area contributed by atoms with Gasteiger partial charge in [0.1, 0.15) is 11.6 Å². The van der Waals surface area contributed by atoms with Crippen LogP contribution in [-0.2, 0) is 4.79 Å². The minimum absolute atomic E-state index is 0.155. The fourth-order valence-electron chi connectivity index (χ4n) is 3.63. The molecule has 0 radical (unpaired) electrons. The first-order chi connectivity index (χ1) is 12.6. The second-order valence-electron chi connectivity index (χ2n) is 6.85. The molecule has 1 aliphatic carbocycles. The van der Waals surface area contributed by atoms with Crippen LogP contribution in [0.1, 0.15) is 49.1 Å². The quantitative estimate of drug-likeness (QED) is 0.674. The Hall–Kier alpha value is -2.87. The highest BCUT2D eigenvalue weighted by molar-refractivity contribution is 6.02. The number of aryl methyl sites for hydroxylation is 1. The van der Waals surface area contributed by atoms with E-state index in [1.54, 1.807) is 18.5 Å². The molecule has 5 heteroatoms. The van der Waals surface area contributed by atoms with Gasteiger partial charge in [0.15, 0.2) is 0 Å². The van der Waals surface area contributed by atoms with Crippen molar-refractivity contribution >= 4 is 12.0 Å². The number of amides is 1. The minimum atomic E-state index is -0.273. The van der Waals surface area contributed by atoms with Gasteiger partial charge in [-0.3, -0.25) is 9.78 Å². The molecule has 0 aromatic carbocycles. The molecule has 0 spiro atoms. The number of hydrogen-bond acceptors (Lipinski definition) is 3. The maximum absolute atomic E-state index is 12.5. The fraction of sp³-hybridized carbons (Fsp3) is 0.381. The summed E-state index contributed by atoms with van der Waals surface area (Å²) in [5, 5.41) is 12.5. The first kappa shape index (κ1) is 17.9.